The van der Waals surface area contributed by atoms with Gasteiger partial charge >= 0.3 is 0 Å². The van der Waals surface area contributed by atoms with Crippen LogP contribution in [-0.4, -0.2) is 48.9 Å². The number of nitrogens with one attached hydrogen (secondary N) is 1. The van der Waals surface area contributed by atoms with Gasteiger partial charge in [0.2, 0.25) is 5.91 Å². The molecule has 0 unspecified atom stereocenters. The number of rotatable bonds is 6. The number of likely N-dealkylation sites (tertiary alicyclic amines) is 1. The molecule has 1 N–H and O–H groups in total. The minimum absolute atomic E-state index is 0.0540. The van der Waals surface area contributed by atoms with E-state index in [0.29, 0.717) is 25.2 Å². The van der Waals surface area contributed by atoms with E-state index in [1.54, 1.807) is 0 Å². The van der Waals surface area contributed by atoms with E-state index in [9.17, 15) is 4.79 Å². The van der Waals surface area contributed by atoms with E-state index in [0.717, 1.165) is 58.2 Å². The Bertz CT molecular complexity index is 645. The number of carbonyl (C=O) groups is 1. The van der Waals surface area contributed by atoms with E-state index in [4.69, 9.17) is 9.47 Å². The van der Waals surface area contributed by atoms with Crippen molar-refractivity contribution in [3.63, 3.8) is 0 Å². The summed E-state index contributed by atoms with van der Waals surface area (Å²) in [6.45, 7) is 6.10. The molecule has 4 rings (SSSR count). The van der Waals surface area contributed by atoms with E-state index >= 15 is 0 Å². The molecule has 5 nitrogen and oxygen atoms in total. The number of fused-ring (bicyclic) bond motifs is 1. The average Bonchev–Trinajstić information content (AvgIpc) is 3.16. The highest BCUT2D eigenvalue weighted by Crippen LogP contribution is 2.45. The number of hydrogen-bond donors (Lipinski definition) is 1. The van der Waals surface area contributed by atoms with Crippen molar-refractivity contribution in [3.05, 3.63) is 35.9 Å². The first-order valence-electron chi connectivity index (χ1n) is 11.0. The van der Waals surface area contributed by atoms with Crippen molar-refractivity contribution in [2.45, 2.75) is 63.8 Å². The van der Waals surface area contributed by atoms with E-state index in [2.05, 4.69) is 47.5 Å². The number of piperidine rings is 1. The fourth-order valence-corrected chi connectivity index (χ4v) is 5.30. The van der Waals surface area contributed by atoms with Crippen LogP contribution < -0.4 is 5.32 Å². The first-order valence-corrected chi connectivity index (χ1v) is 11.0. The normalized spacial score (nSPS) is 29.5. The summed E-state index contributed by atoms with van der Waals surface area (Å²) >= 11 is 0. The summed E-state index contributed by atoms with van der Waals surface area (Å²) in [5, 5.41) is 3.17. The van der Waals surface area contributed by atoms with Crippen molar-refractivity contribution in [2.24, 2.45) is 11.8 Å². The molecule has 28 heavy (non-hydrogen) atoms. The Kier molecular flexibility index (Phi) is 6.34. The predicted octanol–water partition coefficient (Wildman–Crippen LogP) is 3.34. The van der Waals surface area contributed by atoms with Crippen LogP contribution in [0.5, 0.6) is 0 Å². The summed E-state index contributed by atoms with van der Waals surface area (Å²) in [6, 6.07) is 11.1. The van der Waals surface area contributed by atoms with Crippen LogP contribution in [0.2, 0.25) is 0 Å². The number of nitrogens with zero attached hydrogens (tertiary/aromatic N) is 1. The molecular formula is C23H34N2O3. The summed E-state index contributed by atoms with van der Waals surface area (Å²) in [4.78, 5) is 15.4. The summed E-state index contributed by atoms with van der Waals surface area (Å²) in [7, 11) is 0. The molecule has 154 valence electrons. The molecule has 3 fully saturated rings. The van der Waals surface area contributed by atoms with Crippen molar-refractivity contribution >= 4 is 5.91 Å². The van der Waals surface area contributed by atoms with Crippen molar-refractivity contribution in [1.82, 2.24) is 10.2 Å². The van der Waals surface area contributed by atoms with E-state index in [1.165, 1.54) is 5.56 Å². The molecule has 1 spiro atoms. The minimum Gasteiger partial charge on any atom is -0.356 e. The molecule has 2 heterocycles. The van der Waals surface area contributed by atoms with Gasteiger partial charge in [0.1, 0.15) is 0 Å². The highest BCUT2D eigenvalue weighted by atomic mass is 16.7. The largest absolute Gasteiger partial charge is 0.356 e. The lowest BCUT2D eigenvalue weighted by Gasteiger charge is -2.50. The van der Waals surface area contributed by atoms with Crippen LogP contribution in [0, 0.1) is 11.8 Å². The quantitative estimate of drug-likeness (QED) is 0.762. The molecule has 0 bridgehead atoms. The highest BCUT2D eigenvalue weighted by Gasteiger charge is 2.49. The van der Waals surface area contributed by atoms with Crippen molar-refractivity contribution in [3.8, 4) is 0 Å². The number of unbranched alkanes of at least 4 members (excludes halogenated alkanes) is 1. The first-order chi connectivity index (χ1) is 13.7. The van der Waals surface area contributed by atoms with E-state index in [-0.39, 0.29) is 17.6 Å². The molecule has 2 aliphatic heterocycles. The molecule has 1 aliphatic carbocycles. The molecular weight excluding hydrogens is 352 g/mol. The Hall–Kier alpha value is -1.43. The van der Waals surface area contributed by atoms with Crippen LogP contribution in [0.3, 0.4) is 0 Å². The first kappa shape index (κ1) is 19.9. The molecule has 1 saturated carbocycles. The summed E-state index contributed by atoms with van der Waals surface area (Å²) in [5.74, 6) is 0.336. The minimum atomic E-state index is -0.389. The highest BCUT2D eigenvalue weighted by molar-refractivity contribution is 5.79. The monoisotopic (exact) mass is 386 g/mol. The zero-order valence-electron chi connectivity index (χ0n) is 17.1. The Morgan fingerprint density at radius 1 is 1.25 bits per heavy atom. The maximum Gasteiger partial charge on any atom is 0.224 e. The fraction of sp³-hybridized carbons (Fsp3) is 0.696. The second-order valence-electron chi connectivity index (χ2n) is 8.67. The Morgan fingerprint density at radius 3 is 2.79 bits per heavy atom. The summed E-state index contributed by atoms with van der Waals surface area (Å²) in [6.07, 6.45) is 6.06. The van der Waals surface area contributed by atoms with Crippen molar-refractivity contribution in [2.75, 3.05) is 26.3 Å². The van der Waals surface area contributed by atoms with Crippen molar-refractivity contribution in [1.29, 1.82) is 0 Å². The fourth-order valence-electron chi connectivity index (χ4n) is 5.30. The van der Waals surface area contributed by atoms with Gasteiger partial charge in [-0.3, -0.25) is 9.69 Å². The molecule has 5 heteroatoms. The number of amides is 1. The number of benzene rings is 1. The van der Waals surface area contributed by atoms with Gasteiger partial charge in [0.15, 0.2) is 5.79 Å². The SMILES string of the molecule is CCCCNC(=O)[C@@H]1C[C@@H]2CC3(CC[C@H]2N(Cc2ccccc2)C1)OCCO3. The van der Waals surface area contributed by atoms with Gasteiger partial charge in [0, 0.05) is 38.5 Å². The topological polar surface area (TPSA) is 50.8 Å². The lowest BCUT2D eigenvalue weighted by Crippen LogP contribution is -2.56. The Morgan fingerprint density at radius 2 is 2.04 bits per heavy atom. The Labute approximate surface area is 168 Å². The molecule has 1 aromatic carbocycles. The third-order valence-corrected chi connectivity index (χ3v) is 6.69. The van der Waals surface area contributed by atoms with Gasteiger partial charge in [-0.2, -0.15) is 0 Å². The van der Waals surface area contributed by atoms with Crippen molar-refractivity contribution < 1.29 is 14.3 Å². The zero-order chi connectivity index (χ0) is 19.4. The maximum atomic E-state index is 12.9. The van der Waals surface area contributed by atoms with Crippen LogP contribution in [0.4, 0.5) is 0 Å². The lowest BCUT2D eigenvalue weighted by atomic mass is 9.72. The predicted molar refractivity (Wildman–Crippen MR) is 109 cm³/mol. The van der Waals surface area contributed by atoms with Crippen LogP contribution in [0.25, 0.3) is 0 Å². The number of carbonyl (C=O) groups excluding carboxylic acids is 1. The summed E-state index contributed by atoms with van der Waals surface area (Å²) < 4.78 is 12.0. The van der Waals surface area contributed by atoms with Crippen LogP contribution in [-0.2, 0) is 20.8 Å². The van der Waals surface area contributed by atoms with Gasteiger partial charge in [-0.25, -0.2) is 0 Å². The Balaban J connectivity index is 1.48. The van der Waals surface area contributed by atoms with E-state index < -0.39 is 0 Å². The average molecular weight is 387 g/mol. The molecule has 3 atom stereocenters. The van der Waals surface area contributed by atoms with Gasteiger partial charge in [0.05, 0.1) is 19.1 Å². The second kappa shape index (κ2) is 8.93. The third-order valence-electron chi connectivity index (χ3n) is 6.69. The van der Waals surface area contributed by atoms with Gasteiger partial charge in [0.25, 0.3) is 0 Å². The molecule has 1 aromatic rings. The van der Waals surface area contributed by atoms with E-state index in [1.807, 2.05) is 0 Å². The standard InChI is InChI=1S/C23H34N2O3/c1-2-3-11-24-22(26)20-14-19-15-23(27-12-13-28-23)10-9-21(19)25(17-20)16-18-7-5-4-6-8-18/h4-8,19-21H,2-3,9-17H2,1H3,(H,24,26)/t19-,20-,21-/m1/s1. The van der Waals surface area contributed by atoms with Gasteiger partial charge in [-0.05, 0) is 30.7 Å². The molecule has 0 radical (unpaired) electrons. The molecule has 1 amide bonds. The smallest absolute Gasteiger partial charge is 0.224 e. The van der Waals surface area contributed by atoms with Crippen LogP contribution >= 0.6 is 0 Å². The summed E-state index contributed by atoms with van der Waals surface area (Å²) in [5.41, 5.74) is 1.32. The van der Waals surface area contributed by atoms with Crippen LogP contribution in [0.1, 0.15) is 51.0 Å². The van der Waals surface area contributed by atoms with Crippen LogP contribution in [0.15, 0.2) is 30.3 Å². The third kappa shape index (κ3) is 4.42. The van der Waals surface area contributed by atoms with Gasteiger partial charge in [-0.15, -0.1) is 0 Å². The molecule has 0 aromatic heterocycles. The van der Waals surface area contributed by atoms with Gasteiger partial charge in [-0.1, -0.05) is 43.7 Å². The maximum absolute atomic E-state index is 12.9. The second-order valence-corrected chi connectivity index (χ2v) is 8.67. The number of ether oxygens (including phenoxy) is 2. The molecule has 3 aliphatic rings. The lowest BCUT2D eigenvalue weighted by molar-refractivity contribution is -0.204. The van der Waals surface area contributed by atoms with Gasteiger partial charge < -0.3 is 14.8 Å². The number of hydrogen-bond acceptors (Lipinski definition) is 4. The zero-order valence-corrected chi connectivity index (χ0v) is 17.1. The molecule has 2 saturated heterocycles.